The van der Waals surface area contributed by atoms with Crippen molar-refractivity contribution in [3.63, 3.8) is 0 Å². The van der Waals surface area contributed by atoms with Crippen LogP contribution in [0.1, 0.15) is 46.2 Å². The molecular weight excluding hydrogens is 517 g/mol. The molecule has 0 bridgehead atoms. The maximum atomic E-state index is 13.6. The number of nitrogens with zero attached hydrogens (tertiary/aromatic N) is 5. The molecule has 0 aliphatic carbocycles. The number of aromatic nitrogens is 3. The number of carbonyl (C=O) groups is 2. The second kappa shape index (κ2) is 11.2. The minimum absolute atomic E-state index is 0.0989. The van der Waals surface area contributed by atoms with E-state index in [1.165, 1.54) is 28.5 Å². The van der Waals surface area contributed by atoms with Crippen LogP contribution in [-0.2, 0) is 6.54 Å². The lowest BCUT2D eigenvalue weighted by Gasteiger charge is -2.26. The van der Waals surface area contributed by atoms with E-state index in [9.17, 15) is 14.0 Å². The van der Waals surface area contributed by atoms with Crippen molar-refractivity contribution < 1.29 is 14.0 Å². The van der Waals surface area contributed by atoms with Gasteiger partial charge in [0.2, 0.25) is 5.95 Å². The van der Waals surface area contributed by atoms with E-state index in [1.807, 2.05) is 48.8 Å². The Morgan fingerprint density at radius 1 is 1.15 bits per heavy atom. The molecule has 3 amide bonds. The molecule has 1 aliphatic rings. The van der Waals surface area contributed by atoms with Gasteiger partial charge in [-0.15, -0.1) is 11.3 Å². The van der Waals surface area contributed by atoms with Crippen LogP contribution in [0, 0.1) is 12.9 Å². The average Bonchev–Trinajstić information content (AvgIpc) is 3.64. The van der Waals surface area contributed by atoms with Crippen molar-refractivity contribution in [2.45, 2.75) is 32.4 Å². The zero-order valence-corrected chi connectivity index (χ0v) is 22.8. The van der Waals surface area contributed by atoms with E-state index in [0.717, 1.165) is 47.6 Å². The van der Waals surface area contributed by atoms with Gasteiger partial charge in [-0.1, -0.05) is 0 Å². The van der Waals surface area contributed by atoms with Crippen LogP contribution in [0.25, 0.3) is 0 Å². The van der Waals surface area contributed by atoms with Gasteiger partial charge < -0.3 is 19.7 Å². The number of pyridine rings is 1. The smallest absolute Gasteiger partial charge is 0.321 e. The van der Waals surface area contributed by atoms with E-state index in [0.29, 0.717) is 17.4 Å². The predicted octanol–water partition coefficient (Wildman–Crippen LogP) is 5.52. The molecule has 3 aromatic heterocycles. The van der Waals surface area contributed by atoms with E-state index >= 15 is 0 Å². The van der Waals surface area contributed by atoms with Crippen LogP contribution in [0.3, 0.4) is 0 Å². The lowest BCUT2D eigenvalue weighted by atomic mass is 10.1. The Labute approximate surface area is 230 Å². The zero-order valence-electron chi connectivity index (χ0n) is 22.0. The van der Waals surface area contributed by atoms with Gasteiger partial charge in [-0.25, -0.2) is 14.8 Å². The Hall–Kier alpha value is -4.25. The summed E-state index contributed by atoms with van der Waals surface area (Å²) in [6.07, 6.45) is 5.28. The zero-order chi connectivity index (χ0) is 27.5. The number of anilines is 3. The first-order valence-corrected chi connectivity index (χ1v) is 13.5. The highest BCUT2D eigenvalue weighted by Gasteiger charge is 2.28. The molecule has 1 atom stereocenters. The number of benzene rings is 1. The van der Waals surface area contributed by atoms with E-state index in [4.69, 9.17) is 4.98 Å². The summed E-state index contributed by atoms with van der Waals surface area (Å²) >= 11 is 1.40. The van der Waals surface area contributed by atoms with Gasteiger partial charge in [-0.3, -0.25) is 10.1 Å². The highest BCUT2D eigenvalue weighted by molar-refractivity contribution is 7.14. The van der Waals surface area contributed by atoms with Crippen molar-refractivity contribution in [1.29, 1.82) is 0 Å². The predicted molar refractivity (Wildman–Crippen MR) is 151 cm³/mol. The first kappa shape index (κ1) is 26.4. The molecule has 4 aromatic rings. The van der Waals surface area contributed by atoms with E-state index in [1.54, 1.807) is 24.7 Å². The molecule has 1 fully saturated rings. The molecule has 11 heteroatoms. The van der Waals surface area contributed by atoms with Crippen LogP contribution >= 0.6 is 11.3 Å². The SMILES string of the molecule is Cc1cc(C(=O)Nc2nc([C@H]3CCCN3c3ccc(NC(=O)N(C)C)cc3)cs2)n(Cc2ccnc(F)c2)c1. The summed E-state index contributed by atoms with van der Waals surface area (Å²) in [5.41, 5.74) is 4.84. The molecule has 5 rings (SSSR count). The molecule has 1 saturated heterocycles. The Kier molecular flexibility index (Phi) is 7.60. The van der Waals surface area contributed by atoms with Crippen molar-refractivity contribution in [3.05, 3.63) is 88.7 Å². The summed E-state index contributed by atoms with van der Waals surface area (Å²) in [5.74, 6) is -0.817. The van der Waals surface area contributed by atoms with Crippen molar-refractivity contribution >= 4 is 39.8 Å². The molecule has 2 N–H and O–H groups in total. The van der Waals surface area contributed by atoms with Gasteiger partial charge in [0.25, 0.3) is 5.91 Å². The van der Waals surface area contributed by atoms with E-state index in [2.05, 4.69) is 20.5 Å². The van der Waals surface area contributed by atoms with Crippen LogP contribution in [0.5, 0.6) is 0 Å². The van der Waals surface area contributed by atoms with Crippen LogP contribution in [0.15, 0.2) is 60.2 Å². The van der Waals surface area contributed by atoms with Crippen LogP contribution in [0.2, 0.25) is 0 Å². The van der Waals surface area contributed by atoms with Gasteiger partial charge in [0.05, 0.1) is 11.7 Å². The Bertz CT molecular complexity index is 1480. The summed E-state index contributed by atoms with van der Waals surface area (Å²) in [7, 11) is 3.40. The minimum atomic E-state index is -0.550. The van der Waals surface area contributed by atoms with Gasteiger partial charge in [0.15, 0.2) is 5.13 Å². The quantitative estimate of drug-likeness (QED) is 0.297. The molecule has 1 aliphatic heterocycles. The molecule has 0 spiro atoms. The molecule has 0 saturated carbocycles. The third-order valence-corrected chi connectivity index (χ3v) is 7.38. The molecule has 202 valence electrons. The molecule has 0 radical (unpaired) electrons. The topological polar surface area (TPSA) is 95.4 Å². The maximum Gasteiger partial charge on any atom is 0.321 e. The van der Waals surface area contributed by atoms with Crippen molar-refractivity contribution in [2.24, 2.45) is 0 Å². The van der Waals surface area contributed by atoms with Crippen LogP contribution < -0.4 is 15.5 Å². The second-order valence-electron chi connectivity index (χ2n) is 9.77. The van der Waals surface area contributed by atoms with Crippen LogP contribution in [0.4, 0.5) is 25.7 Å². The fourth-order valence-corrected chi connectivity index (χ4v) is 5.48. The lowest BCUT2D eigenvalue weighted by Crippen LogP contribution is -2.27. The molecule has 39 heavy (non-hydrogen) atoms. The largest absolute Gasteiger partial charge is 0.363 e. The number of hydrogen-bond donors (Lipinski definition) is 2. The van der Waals surface area contributed by atoms with Crippen molar-refractivity contribution in [1.82, 2.24) is 19.4 Å². The third kappa shape index (κ3) is 6.09. The Balaban J connectivity index is 1.27. The number of rotatable bonds is 7. The van der Waals surface area contributed by atoms with E-state index in [-0.39, 0.29) is 18.0 Å². The number of carbonyl (C=O) groups excluding carboxylic acids is 2. The molecular formula is C28H30FN7O2S. The van der Waals surface area contributed by atoms with Crippen molar-refractivity contribution in [2.75, 3.05) is 36.2 Å². The van der Waals surface area contributed by atoms with Gasteiger partial charge in [0, 0.05) is 56.3 Å². The number of halogens is 1. The number of nitrogens with one attached hydrogen (secondary N) is 2. The van der Waals surface area contributed by atoms with Crippen molar-refractivity contribution in [3.8, 4) is 0 Å². The number of aryl methyl sites for hydroxylation is 1. The van der Waals surface area contributed by atoms with E-state index < -0.39 is 5.95 Å². The van der Waals surface area contributed by atoms with Crippen LogP contribution in [-0.4, -0.2) is 52.0 Å². The fourth-order valence-electron chi connectivity index (χ4n) is 4.73. The summed E-state index contributed by atoms with van der Waals surface area (Å²) in [6.45, 7) is 3.17. The van der Waals surface area contributed by atoms with Gasteiger partial charge in [-0.2, -0.15) is 4.39 Å². The fraction of sp³-hybridized carbons (Fsp3) is 0.286. The van der Waals surface area contributed by atoms with Gasteiger partial charge in [0.1, 0.15) is 5.69 Å². The summed E-state index contributed by atoms with van der Waals surface area (Å²) < 4.78 is 15.4. The number of hydrogen-bond acceptors (Lipinski definition) is 6. The Morgan fingerprint density at radius 3 is 2.69 bits per heavy atom. The average molecular weight is 548 g/mol. The summed E-state index contributed by atoms with van der Waals surface area (Å²) in [5, 5.41) is 8.32. The number of amides is 3. The van der Waals surface area contributed by atoms with Gasteiger partial charge in [-0.05, 0) is 73.4 Å². The minimum Gasteiger partial charge on any atom is -0.363 e. The number of thiazole rings is 1. The molecule has 9 nitrogen and oxygen atoms in total. The molecule has 4 heterocycles. The standard InChI is InChI=1S/C28H30FN7O2S/c1-18-13-24(35(15-18)16-19-10-11-30-25(29)14-19)26(37)33-27-32-22(17-39-27)23-5-4-12-36(23)21-8-6-20(7-9-21)31-28(38)34(2)3/h6-11,13-15,17,23H,4-5,12,16H2,1-3H3,(H,31,38)(H,32,33,37)/t23-/m1/s1. The first-order chi connectivity index (χ1) is 18.8. The first-order valence-electron chi connectivity index (χ1n) is 12.7. The normalized spacial score (nSPS) is 14.9. The monoisotopic (exact) mass is 547 g/mol. The molecule has 1 aromatic carbocycles. The maximum absolute atomic E-state index is 13.6. The highest BCUT2D eigenvalue weighted by atomic mass is 32.1. The summed E-state index contributed by atoms with van der Waals surface area (Å²) in [4.78, 5) is 37.3. The highest BCUT2D eigenvalue weighted by Crippen LogP contribution is 2.37. The number of urea groups is 1. The third-order valence-electron chi connectivity index (χ3n) is 6.60. The second-order valence-corrected chi connectivity index (χ2v) is 10.6. The lowest BCUT2D eigenvalue weighted by molar-refractivity contribution is 0.101. The Morgan fingerprint density at radius 2 is 1.95 bits per heavy atom. The summed E-state index contributed by atoms with van der Waals surface area (Å²) in [6, 6.07) is 12.6. The molecule has 0 unspecified atom stereocenters. The van der Waals surface area contributed by atoms with Gasteiger partial charge >= 0.3 is 6.03 Å².